The van der Waals surface area contributed by atoms with Crippen LogP contribution in [0.1, 0.15) is 22.5 Å². The van der Waals surface area contributed by atoms with E-state index in [1.807, 2.05) is 49.6 Å². The molecule has 0 saturated heterocycles. The maximum absolute atomic E-state index is 10.9. The molecule has 0 unspecified atom stereocenters. The zero-order valence-corrected chi connectivity index (χ0v) is 12.2. The fourth-order valence-corrected chi connectivity index (χ4v) is 2.52. The molecule has 4 nitrogen and oxygen atoms in total. The summed E-state index contributed by atoms with van der Waals surface area (Å²) < 4.78 is 7.46. The Morgan fingerprint density at radius 1 is 1.25 bits per heavy atom. The molecular formula is C16H19NO3. The predicted octanol–water partition coefficient (Wildman–Crippen LogP) is 3.04. The van der Waals surface area contributed by atoms with Crippen LogP contribution in [0.4, 0.5) is 0 Å². The summed E-state index contributed by atoms with van der Waals surface area (Å²) in [6, 6.07) is 7.89. The van der Waals surface area contributed by atoms with Gasteiger partial charge < -0.3 is 14.4 Å². The Morgan fingerprint density at radius 3 is 2.55 bits per heavy atom. The van der Waals surface area contributed by atoms with E-state index >= 15 is 0 Å². The summed E-state index contributed by atoms with van der Waals surface area (Å²) in [5.41, 5.74) is 4.85. The van der Waals surface area contributed by atoms with Gasteiger partial charge in [-0.05, 0) is 50.1 Å². The van der Waals surface area contributed by atoms with Gasteiger partial charge in [0, 0.05) is 11.4 Å². The maximum Gasteiger partial charge on any atom is 0.307 e. The minimum atomic E-state index is -0.818. The number of carbonyl (C=O) groups is 1. The van der Waals surface area contributed by atoms with Gasteiger partial charge >= 0.3 is 5.97 Å². The lowest BCUT2D eigenvalue weighted by atomic mass is 10.1. The lowest BCUT2D eigenvalue weighted by Crippen LogP contribution is -2.05. The Bertz CT molecular complexity index is 656. The van der Waals surface area contributed by atoms with Crippen LogP contribution in [0.5, 0.6) is 5.75 Å². The van der Waals surface area contributed by atoms with E-state index < -0.39 is 5.97 Å². The highest BCUT2D eigenvalue weighted by atomic mass is 16.5. The molecular weight excluding hydrogens is 254 g/mol. The molecule has 20 heavy (non-hydrogen) atoms. The van der Waals surface area contributed by atoms with Crippen molar-refractivity contribution in [3.63, 3.8) is 0 Å². The fraction of sp³-hybridized carbons (Fsp3) is 0.312. The Morgan fingerprint density at radius 2 is 1.95 bits per heavy atom. The normalized spacial score (nSPS) is 10.6. The van der Waals surface area contributed by atoms with Crippen LogP contribution in [-0.2, 0) is 11.2 Å². The molecule has 0 radical (unpaired) electrons. The quantitative estimate of drug-likeness (QED) is 0.931. The van der Waals surface area contributed by atoms with Crippen molar-refractivity contribution in [1.29, 1.82) is 0 Å². The molecule has 0 saturated carbocycles. The topological polar surface area (TPSA) is 51.5 Å². The molecule has 0 aliphatic carbocycles. The molecule has 0 spiro atoms. The lowest BCUT2D eigenvalue weighted by Gasteiger charge is -2.15. The number of carboxylic acids is 1. The number of nitrogens with zero attached hydrogens (tertiary/aromatic N) is 1. The number of hydrogen-bond acceptors (Lipinski definition) is 2. The lowest BCUT2D eigenvalue weighted by molar-refractivity contribution is -0.136. The summed E-state index contributed by atoms with van der Waals surface area (Å²) in [4.78, 5) is 10.9. The molecule has 1 N–H and O–H groups in total. The van der Waals surface area contributed by atoms with Gasteiger partial charge in [0.2, 0.25) is 0 Å². The van der Waals surface area contributed by atoms with Crippen LogP contribution in [0.2, 0.25) is 0 Å². The highest BCUT2D eigenvalue weighted by molar-refractivity contribution is 5.71. The molecule has 0 aliphatic rings. The number of methoxy groups -OCH3 is 1. The van der Waals surface area contributed by atoms with Crippen LogP contribution in [0, 0.1) is 20.8 Å². The van der Waals surface area contributed by atoms with Crippen molar-refractivity contribution in [1.82, 2.24) is 4.57 Å². The molecule has 0 amide bonds. The zero-order valence-electron chi connectivity index (χ0n) is 12.2. The van der Waals surface area contributed by atoms with E-state index in [2.05, 4.69) is 0 Å². The minimum Gasteiger partial charge on any atom is -0.495 e. The van der Waals surface area contributed by atoms with Crippen molar-refractivity contribution in [3.05, 3.63) is 46.8 Å². The van der Waals surface area contributed by atoms with Gasteiger partial charge in [-0.2, -0.15) is 0 Å². The maximum atomic E-state index is 10.9. The van der Waals surface area contributed by atoms with E-state index in [-0.39, 0.29) is 6.42 Å². The van der Waals surface area contributed by atoms with Gasteiger partial charge in [0.25, 0.3) is 0 Å². The van der Waals surface area contributed by atoms with E-state index in [9.17, 15) is 4.79 Å². The number of hydrogen-bond donors (Lipinski definition) is 1. The van der Waals surface area contributed by atoms with Crippen LogP contribution in [0.3, 0.4) is 0 Å². The Balaban J connectivity index is 2.61. The molecule has 2 aromatic rings. The van der Waals surface area contributed by atoms with Crippen molar-refractivity contribution < 1.29 is 14.6 Å². The van der Waals surface area contributed by atoms with Crippen LogP contribution < -0.4 is 4.74 Å². The number of benzene rings is 1. The first kappa shape index (κ1) is 14.2. The van der Waals surface area contributed by atoms with Gasteiger partial charge in [-0.1, -0.05) is 6.07 Å². The van der Waals surface area contributed by atoms with Crippen molar-refractivity contribution in [3.8, 4) is 11.4 Å². The van der Waals surface area contributed by atoms with E-state index in [0.29, 0.717) is 0 Å². The fourth-order valence-electron chi connectivity index (χ4n) is 2.52. The molecule has 1 aromatic carbocycles. The van der Waals surface area contributed by atoms with Gasteiger partial charge in [-0.15, -0.1) is 0 Å². The highest BCUT2D eigenvalue weighted by Crippen LogP contribution is 2.29. The Labute approximate surface area is 118 Å². The number of rotatable bonds is 4. The summed E-state index contributed by atoms with van der Waals surface area (Å²) in [6.07, 6.45) is 0.0355. The summed E-state index contributed by atoms with van der Waals surface area (Å²) in [6.45, 7) is 5.93. The van der Waals surface area contributed by atoms with E-state index in [4.69, 9.17) is 9.84 Å². The zero-order chi connectivity index (χ0) is 14.9. The van der Waals surface area contributed by atoms with E-state index in [1.165, 1.54) is 0 Å². The Hall–Kier alpha value is -2.23. The summed E-state index contributed by atoms with van der Waals surface area (Å²) in [5, 5.41) is 8.97. The molecule has 0 bridgehead atoms. The molecule has 2 rings (SSSR count). The smallest absolute Gasteiger partial charge is 0.307 e. The summed E-state index contributed by atoms with van der Waals surface area (Å²) >= 11 is 0. The van der Waals surface area contributed by atoms with Crippen LogP contribution in [-0.4, -0.2) is 22.8 Å². The minimum absolute atomic E-state index is 0.0355. The number of ether oxygens (including phenoxy) is 1. The van der Waals surface area contributed by atoms with Gasteiger partial charge in [-0.3, -0.25) is 4.79 Å². The van der Waals surface area contributed by atoms with Crippen molar-refractivity contribution >= 4 is 5.97 Å². The Kier molecular flexibility index (Phi) is 3.84. The number of aliphatic carboxylic acids is 1. The first-order chi connectivity index (χ1) is 9.43. The molecule has 0 fully saturated rings. The highest BCUT2D eigenvalue weighted by Gasteiger charge is 2.15. The molecule has 0 aliphatic heterocycles. The second-order valence-corrected chi connectivity index (χ2v) is 4.98. The van der Waals surface area contributed by atoms with Crippen molar-refractivity contribution in [2.24, 2.45) is 0 Å². The number of aromatic nitrogens is 1. The average molecular weight is 273 g/mol. The van der Waals surface area contributed by atoms with E-state index in [1.54, 1.807) is 7.11 Å². The standard InChI is InChI=1S/C16H19NO3/c1-10-5-6-15(20-4)14(7-10)17-11(2)8-13(12(17)3)9-16(18)19/h5-8H,9H2,1-4H3,(H,18,19). The van der Waals surface area contributed by atoms with E-state index in [0.717, 1.165) is 34.0 Å². The molecule has 0 atom stereocenters. The second-order valence-electron chi connectivity index (χ2n) is 4.98. The molecule has 1 aromatic heterocycles. The molecule has 106 valence electrons. The van der Waals surface area contributed by atoms with Gasteiger partial charge in [0.15, 0.2) is 0 Å². The van der Waals surface area contributed by atoms with Gasteiger partial charge in [0.05, 0.1) is 19.2 Å². The van der Waals surface area contributed by atoms with Crippen LogP contribution in [0.25, 0.3) is 5.69 Å². The number of carboxylic acid groups (broad SMARTS) is 1. The second kappa shape index (κ2) is 5.41. The third-order valence-electron chi connectivity index (χ3n) is 3.45. The molecule has 1 heterocycles. The average Bonchev–Trinajstić information content (AvgIpc) is 2.63. The monoisotopic (exact) mass is 273 g/mol. The van der Waals surface area contributed by atoms with Crippen molar-refractivity contribution in [2.45, 2.75) is 27.2 Å². The van der Waals surface area contributed by atoms with Crippen LogP contribution >= 0.6 is 0 Å². The van der Waals surface area contributed by atoms with Gasteiger partial charge in [-0.25, -0.2) is 0 Å². The van der Waals surface area contributed by atoms with Crippen molar-refractivity contribution in [2.75, 3.05) is 7.11 Å². The predicted molar refractivity (Wildman–Crippen MR) is 77.9 cm³/mol. The summed E-state index contributed by atoms with van der Waals surface area (Å²) in [7, 11) is 1.64. The third kappa shape index (κ3) is 2.54. The first-order valence-corrected chi connectivity index (χ1v) is 6.48. The third-order valence-corrected chi connectivity index (χ3v) is 3.45. The molecule has 4 heteroatoms. The number of aryl methyl sites for hydroxylation is 2. The SMILES string of the molecule is COc1ccc(C)cc1-n1c(C)cc(CC(=O)O)c1C. The van der Waals surface area contributed by atoms with Crippen LogP contribution in [0.15, 0.2) is 24.3 Å². The summed E-state index contributed by atoms with van der Waals surface area (Å²) in [5.74, 6) is -0.0410. The first-order valence-electron chi connectivity index (χ1n) is 6.48. The van der Waals surface area contributed by atoms with Gasteiger partial charge in [0.1, 0.15) is 5.75 Å². The largest absolute Gasteiger partial charge is 0.495 e.